The number of carbonyl (C=O) groups is 4. The molecule has 3 aliphatic heterocycles. The van der Waals surface area contributed by atoms with Gasteiger partial charge in [-0.2, -0.15) is 0 Å². The summed E-state index contributed by atoms with van der Waals surface area (Å²) >= 11 is 0. The number of nitrogens with one attached hydrogen (secondary N) is 1. The summed E-state index contributed by atoms with van der Waals surface area (Å²) in [5, 5.41) is 12.2. The zero-order valence-electron chi connectivity index (χ0n) is 25.1. The third kappa shape index (κ3) is 6.51. The quantitative estimate of drug-likeness (QED) is 0.348. The van der Waals surface area contributed by atoms with Crippen LogP contribution in [0, 0.1) is 0 Å². The molecule has 3 fully saturated rings. The van der Waals surface area contributed by atoms with Crippen molar-refractivity contribution in [3.63, 3.8) is 0 Å². The summed E-state index contributed by atoms with van der Waals surface area (Å²) in [7, 11) is 2.68. The number of amides is 2. The number of esters is 2. The Hall–Kier alpha value is -3.60. The Labute approximate surface area is 252 Å². The van der Waals surface area contributed by atoms with Gasteiger partial charge in [-0.1, -0.05) is 67.6 Å². The first kappa shape index (κ1) is 32.3. The average molecular weight is 596 g/mol. The average Bonchev–Trinajstić information content (AvgIpc) is 3.65. The zero-order chi connectivity index (χ0) is 31.1. The van der Waals surface area contributed by atoms with Crippen molar-refractivity contribution in [2.75, 3.05) is 34.0 Å². The summed E-state index contributed by atoms with van der Waals surface area (Å²) in [6.07, 6.45) is 2.80. The van der Waals surface area contributed by atoms with Crippen LogP contribution in [0.5, 0.6) is 0 Å². The molecule has 2 aromatic carbocycles. The molecule has 43 heavy (non-hydrogen) atoms. The second-order valence-corrected chi connectivity index (χ2v) is 11.7. The molecule has 2 amide bonds. The second kappa shape index (κ2) is 13.4. The number of ether oxygens (including phenoxy) is 4. The molecule has 4 unspecified atom stereocenters. The van der Waals surface area contributed by atoms with Crippen molar-refractivity contribution in [2.24, 2.45) is 0 Å². The number of aliphatic hydroxyl groups is 1. The van der Waals surface area contributed by atoms with Crippen LogP contribution in [0.3, 0.4) is 0 Å². The molecule has 3 heterocycles. The standard InChI is InChI=1S/C18H24O5.C15H17NO4/c1-4-17(14-8-6-5-7-9-14)12-18(23-13-17,16(20)22-3)11-10-15(19)21-2;17-9-14(11-4-2-1-3-5-11)8-15(20-10-14)7-6-12(18)16-13(15)19/h5-9H,4,10-13H2,1-3H3;1-5,17H,6-10H2,(H,16,18,19). The molecule has 0 aromatic heterocycles. The molecule has 232 valence electrons. The lowest BCUT2D eigenvalue weighted by molar-refractivity contribution is -0.165. The van der Waals surface area contributed by atoms with Crippen molar-refractivity contribution in [1.82, 2.24) is 5.32 Å². The molecule has 2 aromatic rings. The largest absolute Gasteiger partial charge is 0.469 e. The van der Waals surface area contributed by atoms with E-state index < -0.39 is 22.6 Å². The van der Waals surface area contributed by atoms with Gasteiger partial charge in [-0.25, -0.2) is 4.79 Å². The molecular weight excluding hydrogens is 554 g/mol. The zero-order valence-corrected chi connectivity index (χ0v) is 25.1. The van der Waals surface area contributed by atoms with Crippen LogP contribution in [0.4, 0.5) is 0 Å². The maximum absolute atomic E-state index is 12.4. The van der Waals surface area contributed by atoms with E-state index in [-0.39, 0.29) is 55.7 Å². The molecule has 2 N–H and O–H groups in total. The van der Waals surface area contributed by atoms with E-state index >= 15 is 0 Å². The number of aliphatic hydroxyl groups excluding tert-OH is 1. The van der Waals surface area contributed by atoms with Crippen molar-refractivity contribution in [1.29, 1.82) is 0 Å². The van der Waals surface area contributed by atoms with E-state index in [2.05, 4.69) is 29.1 Å². The Morgan fingerprint density at radius 2 is 1.49 bits per heavy atom. The molecule has 10 nitrogen and oxygen atoms in total. The number of methoxy groups -OCH3 is 2. The van der Waals surface area contributed by atoms with Crippen molar-refractivity contribution >= 4 is 23.8 Å². The minimum atomic E-state index is -1.09. The van der Waals surface area contributed by atoms with Gasteiger partial charge < -0.3 is 24.1 Å². The molecule has 0 aliphatic carbocycles. The lowest BCUT2D eigenvalue weighted by atomic mass is 9.72. The molecule has 3 saturated heterocycles. The van der Waals surface area contributed by atoms with E-state index in [1.165, 1.54) is 14.2 Å². The van der Waals surface area contributed by atoms with Crippen LogP contribution in [0.15, 0.2) is 60.7 Å². The van der Waals surface area contributed by atoms with Gasteiger partial charge in [0.05, 0.1) is 34.0 Å². The molecular formula is C33H41NO9. The fourth-order valence-electron chi connectivity index (χ4n) is 6.45. The molecule has 3 aliphatic rings. The summed E-state index contributed by atoms with van der Waals surface area (Å²) in [6, 6.07) is 19.6. The summed E-state index contributed by atoms with van der Waals surface area (Å²) in [5.74, 6) is -1.41. The van der Waals surface area contributed by atoms with Crippen LogP contribution in [-0.2, 0) is 49.0 Å². The molecule has 0 radical (unpaired) electrons. The maximum Gasteiger partial charge on any atom is 0.338 e. The van der Waals surface area contributed by atoms with Gasteiger partial charge in [-0.05, 0) is 43.2 Å². The van der Waals surface area contributed by atoms with Crippen molar-refractivity contribution in [3.8, 4) is 0 Å². The molecule has 1 spiro atoms. The minimum Gasteiger partial charge on any atom is -0.469 e. The predicted octanol–water partition coefficient (Wildman–Crippen LogP) is 3.13. The Balaban J connectivity index is 0.000000198. The number of hydrogen-bond acceptors (Lipinski definition) is 9. The van der Waals surface area contributed by atoms with Gasteiger partial charge in [-0.15, -0.1) is 0 Å². The summed E-state index contributed by atoms with van der Waals surface area (Å²) in [5.41, 5.74) is -0.776. The number of piperidine rings is 1. The predicted molar refractivity (Wildman–Crippen MR) is 156 cm³/mol. The van der Waals surface area contributed by atoms with Crippen LogP contribution in [0.25, 0.3) is 0 Å². The van der Waals surface area contributed by atoms with Crippen LogP contribution < -0.4 is 5.32 Å². The SMILES string of the molecule is CCC1(c2ccccc2)COC(CCC(=O)OC)(C(=O)OC)C1.O=C1CCC2(CC(CO)(c3ccccc3)CO2)C(=O)N1. The lowest BCUT2D eigenvalue weighted by Crippen LogP contribution is -2.53. The highest BCUT2D eigenvalue weighted by atomic mass is 16.6. The van der Waals surface area contributed by atoms with Gasteiger partial charge in [0.2, 0.25) is 5.91 Å². The third-order valence-electron chi connectivity index (χ3n) is 9.19. The van der Waals surface area contributed by atoms with Gasteiger partial charge in [0.25, 0.3) is 5.91 Å². The Morgan fingerprint density at radius 1 is 0.884 bits per heavy atom. The first-order chi connectivity index (χ1) is 20.6. The van der Waals surface area contributed by atoms with E-state index in [1.807, 2.05) is 48.5 Å². The topological polar surface area (TPSA) is 137 Å². The van der Waals surface area contributed by atoms with Crippen LogP contribution in [0.2, 0.25) is 0 Å². The first-order valence-electron chi connectivity index (χ1n) is 14.6. The van der Waals surface area contributed by atoms with Gasteiger partial charge in [0.1, 0.15) is 5.60 Å². The van der Waals surface area contributed by atoms with Gasteiger partial charge >= 0.3 is 11.9 Å². The van der Waals surface area contributed by atoms with Gasteiger partial charge in [-0.3, -0.25) is 19.7 Å². The number of carbonyl (C=O) groups excluding carboxylic acids is 4. The lowest BCUT2D eigenvalue weighted by Gasteiger charge is -2.32. The van der Waals surface area contributed by atoms with Crippen LogP contribution in [0.1, 0.15) is 63.0 Å². The van der Waals surface area contributed by atoms with Crippen molar-refractivity contribution in [2.45, 2.75) is 73.9 Å². The van der Waals surface area contributed by atoms with E-state index in [4.69, 9.17) is 14.2 Å². The van der Waals surface area contributed by atoms with Crippen LogP contribution >= 0.6 is 0 Å². The van der Waals surface area contributed by atoms with Crippen molar-refractivity contribution < 1.29 is 43.2 Å². The van der Waals surface area contributed by atoms with E-state index in [1.54, 1.807) is 0 Å². The molecule has 0 saturated carbocycles. The summed E-state index contributed by atoms with van der Waals surface area (Å²) in [6.45, 7) is 2.73. The van der Waals surface area contributed by atoms with Crippen molar-refractivity contribution in [3.05, 3.63) is 71.8 Å². The molecule has 0 bridgehead atoms. The highest BCUT2D eigenvalue weighted by Gasteiger charge is 2.56. The minimum absolute atomic E-state index is 0.0833. The van der Waals surface area contributed by atoms with Gasteiger partial charge in [0.15, 0.2) is 5.60 Å². The smallest absolute Gasteiger partial charge is 0.338 e. The Morgan fingerprint density at radius 3 is 2.02 bits per heavy atom. The normalized spacial score (nSPS) is 29.9. The van der Waals surface area contributed by atoms with E-state index in [0.717, 1.165) is 17.5 Å². The molecule has 10 heteroatoms. The number of benzene rings is 2. The summed E-state index contributed by atoms with van der Waals surface area (Å²) < 4.78 is 21.4. The van der Waals surface area contributed by atoms with E-state index in [9.17, 15) is 24.3 Å². The summed E-state index contributed by atoms with van der Waals surface area (Å²) in [4.78, 5) is 47.3. The highest BCUT2D eigenvalue weighted by Crippen LogP contribution is 2.47. The second-order valence-electron chi connectivity index (χ2n) is 11.7. The molecule has 4 atom stereocenters. The first-order valence-corrected chi connectivity index (χ1v) is 14.6. The molecule has 5 rings (SSSR count). The fourth-order valence-corrected chi connectivity index (χ4v) is 6.45. The fraction of sp³-hybridized carbons (Fsp3) is 0.515. The van der Waals surface area contributed by atoms with E-state index in [0.29, 0.717) is 25.9 Å². The Kier molecular flexibility index (Phi) is 10.0. The number of imide groups is 1. The highest BCUT2D eigenvalue weighted by molar-refractivity contribution is 6.02. The monoisotopic (exact) mass is 595 g/mol. The number of rotatable bonds is 8. The van der Waals surface area contributed by atoms with Crippen LogP contribution in [-0.4, -0.2) is 74.1 Å². The maximum atomic E-state index is 12.4. The number of hydrogen-bond donors (Lipinski definition) is 2. The third-order valence-corrected chi connectivity index (χ3v) is 9.19. The van der Waals surface area contributed by atoms with Gasteiger partial charge in [0, 0.05) is 23.7 Å². The Bertz CT molecular complexity index is 1300.